The van der Waals surface area contributed by atoms with E-state index in [-0.39, 0.29) is 5.69 Å². The molecule has 2 rings (SSSR count). The summed E-state index contributed by atoms with van der Waals surface area (Å²) >= 11 is 0. The largest absolute Gasteiger partial charge is 0.396 e. The second kappa shape index (κ2) is 5.25. The summed E-state index contributed by atoms with van der Waals surface area (Å²) in [5, 5.41) is 0. The molecule has 0 unspecified atom stereocenters. The Morgan fingerprint density at radius 2 is 2.22 bits per heavy atom. The molecule has 1 saturated carbocycles. The van der Waals surface area contributed by atoms with Gasteiger partial charge in [-0.3, -0.25) is 4.79 Å². The van der Waals surface area contributed by atoms with E-state index in [1.165, 1.54) is 12.8 Å². The quantitative estimate of drug-likeness (QED) is 0.799. The highest BCUT2D eigenvalue weighted by Crippen LogP contribution is 2.33. The van der Waals surface area contributed by atoms with Gasteiger partial charge in [0.25, 0.3) is 5.91 Å². The normalized spacial score (nSPS) is 14.5. The van der Waals surface area contributed by atoms with Crippen molar-refractivity contribution in [3.63, 3.8) is 0 Å². The molecule has 1 aromatic rings. The Kier molecular flexibility index (Phi) is 3.69. The number of nitrogens with zero attached hydrogens (tertiary/aromatic N) is 2. The Bertz CT molecular complexity index is 443. The second-order valence-electron chi connectivity index (χ2n) is 4.75. The van der Waals surface area contributed by atoms with Crippen molar-refractivity contribution in [2.75, 3.05) is 17.2 Å². The zero-order valence-electron chi connectivity index (χ0n) is 10.7. The molecule has 18 heavy (non-hydrogen) atoms. The zero-order valence-corrected chi connectivity index (χ0v) is 10.7. The molecule has 1 amide bonds. The Morgan fingerprint density at radius 3 is 2.78 bits per heavy atom. The van der Waals surface area contributed by atoms with Crippen LogP contribution in [0.25, 0.3) is 0 Å². The van der Waals surface area contributed by atoms with Crippen molar-refractivity contribution < 1.29 is 4.79 Å². The molecule has 1 aromatic heterocycles. The lowest BCUT2D eigenvalue weighted by Crippen LogP contribution is -2.29. The molecular formula is C13H20N4O. The van der Waals surface area contributed by atoms with Gasteiger partial charge in [-0.05, 0) is 31.4 Å². The van der Waals surface area contributed by atoms with Gasteiger partial charge in [-0.25, -0.2) is 4.98 Å². The zero-order chi connectivity index (χ0) is 13.1. The van der Waals surface area contributed by atoms with Gasteiger partial charge in [0.15, 0.2) is 5.82 Å². The molecule has 0 bridgehead atoms. The van der Waals surface area contributed by atoms with E-state index >= 15 is 0 Å². The van der Waals surface area contributed by atoms with Crippen molar-refractivity contribution in [1.29, 1.82) is 0 Å². The van der Waals surface area contributed by atoms with Crippen molar-refractivity contribution in [3.8, 4) is 0 Å². The van der Waals surface area contributed by atoms with Crippen molar-refractivity contribution in [2.24, 2.45) is 5.73 Å². The third kappa shape index (κ3) is 2.72. The van der Waals surface area contributed by atoms with Gasteiger partial charge in [0.1, 0.15) is 5.69 Å². The number of anilines is 2. The summed E-state index contributed by atoms with van der Waals surface area (Å²) in [5.74, 6) is 0.199. The summed E-state index contributed by atoms with van der Waals surface area (Å²) in [5.41, 5.74) is 12.1. The first kappa shape index (κ1) is 12.7. The number of amides is 1. The van der Waals surface area contributed by atoms with E-state index in [0.29, 0.717) is 17.5 Å². The number of rotatable bonds is 6. The lowest BCUT2D eigenvalue weighted by molar-refractivity contribution is 0.0995. The summed E-state index contributed by atoms with van der Waals surface area (Å²) < 4.78 is 0. The van der Waals surface area contributed by atoms with Gasteiger partial charge in [0, 0.05) is 12.6 Å². The smallest absolute Gasteiger partial charge is 0.267 e. The van der Waals surface area contributed by atoms with Crippen LogP contribution < -0.4 is 16.4 Å². The van der Waals surface area contributed by atoms with Crippen LogP contribution in [0.15, 0.2) is 12.1 Å². The van der Waals surface area contributed by atoms with Crippen LogP contribution in [0.1, 0.15) is 43.1 Å². The molecule has 0 saturated heterocycles. The molecule has 5 nitrogen and oxygen atoms in total. The summed E-state index contributed by atoms with van der Waals surface area (Å²) in [6.45, 7) is 3.09. The Labute approximate surface area is 107 Å². The number of unbranched alkanes of at least 4 members (excludes halogenated alkanes) is 1. The number of carbonyl (C=O) groups is 1. The van der Waals surface area contributed by atoms with E-state index in [1.807, 2.05) is 0 Å². The van der Waals surface area contributed by atoms with E-state index < -0.39 is 5.91 Å². The number of primary amides is 1. The third-order valence-electron chi connectivity index (χ3n) is 3.17. The first-order valence-electron chi connectivity index (χ1n) is 6.46. The highest BCUT2D eigenvalue weighted by atomic mass is 16.1. The summed E-state index contributed by atoms with van der Waals surface area (Å²) in [4.78, 5) is 17.7. The van der Waals surface area contributed by atoms with Crippen LogP contribution in [-0.4, -0.2) is 23.5 Å². The lowest BCUT2D eigenvalue weighted by atomic mass is 10.2. The molecule has 1 aliphatic carbocycles. The molecule has 0 atom stereocenters. The minimum atomic E-state index is -0.512. The average molecular weight is 248 g/mol. The lowest BCUT2D eigenvalue weighted by Gasteiger charge is -2.25. The van der Waals surface area contributed by atoms with Gasteiger partial charge in [-0.2, -0.15) is 0 Å². The number of hydrogen-bond donors (Lipinski definition) is 2. The van der Waals surface area contributed by atoms with Crippen LogP contribution in [0.3, 0.4) is 0 Å². The molecular weight excluding hydrogens is 228 g/mol. The van der Waals surface area contributed by atoms with E-state index in [9.17, 15) is 4.79 Å². The summed E-state index contributed by atoms with van der Waals surface area (Å²) in [6.07, 6.45) is 4.56. The highest BCUT2D eigenvalue weighted by molar-refractivity contribution is 5.92. The fourth-order valence-corrected chi connectivity index (χ4v) is 2.00. The van der Waals surface area contributed by atoms with E-state index in [4.69, 9.17) is 11.5 Å². The van der Waals surface area contributed by atoms with Crippen LogP contribution in [0.4, 0.5) is 11.5 Å². The Morgan fingerprint density at radius 1 is 1.50 bits per heavy atom. The minimum absolute atomic E-state index is 0.279. The topological polar surface area (TPSA) is 85.2 Å². The first-order chi connectivity index (χ1) is 8.63. The molecule has 4 N–H and O–H groups in total. The number of nitrogens with two attached hydrogens (primary N) is 2. The fraction of sp³-hybridized carbons (Fsp3) is 0.538. The number of hydrogen-bond acceptors (Lipinski definition) is 4. The first-order valence-corrected chi connectivity index (χ1v) is 6.46. The summed E-state index contributed by atoms with van der Waals surface area (Å²) in [6, 6.07) is 3.81. The Hall–Kier alpha value is -1.78. The molecule has 98 valence electrons. The van der Waals surface area contributed by atoms with Gasteiger partial charge in [0.2, 0.25) is 0 Å². The van der Waals surface area contributed by atoms with Crippen LogP contribution in [-0.2, 0) is 0 Å². The minimum Gasteiger partial charge on any atom is -0.396 e. The van der Waals surface area contributed by atoms with E-state index in [0.717, 1.165) is 19.4 Å². The van der Waals surface area contributed by atoms with Gasteiger partial charge in [-0.1, -0.05) is 13.3 Å². The molecule has 1 fully saturated rings. The maximum atomic E-state index is 11.2. The standard InChI is InChI=1S/C13H20N4O/c1-2-3-8-17(9-4-5-9)13-10(14)6-7-11(16-13)12(15)18/h6-7,9H,2-5,8,14H2,1H3,(H2,15,18). The van der Waals surface area contributed by atoms with Crippen molar-refractivity contribution >= 4 is 17.4 Å². The number of pyridine rings is 1. The molecule has 0 aliphatic heterocycles. The SMILES string of the molecule is CCCCN(c1nc(C(N)=O)ccc1N)C1CC1. The van der Waals surface area contributed by atoms with Crippen molar-refractivity contribution in [1.82, 2.24) is 4.98 Å². The molecule has 0 aromatic carbocycles. The highest BCUT2D eigenvalue weighted by Gasteiger charge is 2.30. The second-order valence-corrected chi connectivity index (χ2v) is 4.75. The van der Waals surface area contributed by atoms with E-state index in [2.05, 4.69) is 16.8 Å². The molecule has 1 heterocycles. The van der Waals surface area contributed by atoms with Crippen LogP contribution in [0.2, 0.25) is 0 Å². The predicted octanol–water partition coefficient (Wildman–Crippen LogP) is 1.53. The number of carbonyl (C=O) groups excluding carboxylic acids is 1. The van der Waals surface area contributed by atoms with Crippen LogP contribution >= 0.6 is 0 Å². The van der Waals surface area contributed by atoms with Gasteiger partial charge < -0.3 is 16.4 Å². The molecule has 0 spiro atoms. The molecule has 1 aliphatic rings. The van der Waals surface area contributed by atoms with Crippen molar-refractivity contribution in [2.45, 2.75) is 38.6 Å². The third-order valence-corrected chi connectivity index (χ3v) is 3.17. The van der Waals surface area contributed by atoms with Crippen molar-refractivity contribution in [3.05, 3.63) is 17.8 Å². The Balaban J connectivity index is 2.27. The molecule has 0 radical (unpaired) electrons. The number of nitrogen functional groups attached to an aromatic ring is 1. The van der Waals surface area contributed by atoms with Crippen LogP contribution in [0, 0.1) is 0 Å². The number of aromatic nitrogens is 1. The van der Waals surface area contributed by atoms with Crippen LogP contribution in [0.5, 0.6) is 0 Å². The van der Waals surface area contributed by atoms with Gasteiger partial charge in [0.05, 0.1) is 5.69 Å². The molecule has 5 heteroatoms. The van der Waals surface area contributed by atoms with Gasteiger partial charge >= 0.3 is 0 Å². The average Bonchev–Trinajstić information content (AvgIpc) is 3.15. The maximum absolute atomic E-state index is 11.2. The monoisotopic (exact) mass is 248 g/mol. The van der Waals surface area contributed by atoms with Gasteiger partial charge in [-0.15, -0.1) is 0 Å². The maximum Gasteiger partial charge on any atom is 0.267 e. The van der Waals surface area contributed by atoms with E-state index in [1.54, 1.807) is 12.1 Å². The fourth-order valence-electron chi connectivity index (χ4n) is 2.00. The summed E-state index contributed by atoms with van der Waals surface area (Å²) in [7, 11) is 0. The predicted molar refractivity (Wildman–Crippen MR) is 72.4 cm³/mol.